The zero-order chi connectivity index (χ0) is 16.9. The summed E-state index contributed by atoms with van der Waals surface area (Å²) in [5.41, 5.74) is 2.01. The van der Waals surface area contributed by atoms with Gasteiger partial charge in [0.2, 0.25) is 0 Å². The van der Waals surface area contributed by atoms with E-state index in [0.717, 1.165) is 47.6 Å². The van der Waals surface area contributed by atoms with Gasteiger partial charge in [-0.15, -0.1) is 0 Å². The van der Waals surface area contributed by atoms with Gasteiger partial charge in [0.1, 0.15) is 18.1 Å². The van der Waals surface area contributed by atoms with Gasteiger partial charge in [0.15, 0.2) is 11.6 Å². The highest BCUT2D eigenvalue weighted by atomic mass is 16.5. The average molecular weight is 341 g/mol. The Hall–Kier alpha value is -2.63. The van der Waals surface area contributed by atoms with E-state index in [9.17, 15) is 0 Å². The van der Waals surface area contributed by atoms with E-state index in [1.165, 1.54) is 0 Å². The summed E-state index contributed by atoms with van der Waals surface area (Å²) in [5.74, 6) is 2.13. The van der Waals surface area contributed by atoms with E-state index < -0.39 is 0 Å². The van der Waals surface area contributed by atoms with Crippen molar-refractivity contribution >= 4 is 16.7 Å². The maximum absolute atomic E-state index is 5.97. The molecule has 0 bridgehead atoms. The molecule has 0 fully saturated rings. The summed E-state index contributed by atoms with van der Waals surface area (Å²) in [6.45, 7) is 5.30. The third-order valence-electron chi connectivity index (χ3n) is 3.90. The predicted octanol–water partition coefficient (Wildman–Crippen LogP) is 4.10. The summed E-state index contributed by atoms with van der Waals surface area (Å²) in [4.78, 5) is 8.70. The molecule has 0 radical (unpaired) electrons. The molecule has 134 valence electrons. The first-order chi connectivity index (χ1) is 11.7. The summed E-state index contributed by atoms with van der Waals surface area (Å²) in [6, 6.07) is 8.14. The van der Waals surface area contributed by atoms with Crippen LogP contribution in [0.4, 0.5) is 5.82 Å². The number of ether oxygens (including phenoxy) is 1. The van der Waals surface area contributed by atoms with Crippen LogP contribution in [0.5, 0.6) is 5.75 Å². The molecule has 0 spiro atoms. The molecule has 3 rings (SSSR count). The average Bonchev–Trinajstić information content (AvgIpc) is 2.91. The monoisotopic (exact) mass is 341 g/mol. The van der Waals surface area contributed by atoms with Gasteiger partial charge in [-0.1, -0.05) is 39.0 Å². The second kappa shape index (κ2) is 8.46. The number of nitrogens with one attached hydrogen (secondary N) is 1. The van der Waals surface area contributed by atoms with Crippen LogP contribution in [0, 0.1) is 6.92 Å². The Balaban J connectivity index is 0.00000225. The molecule has 6 heteroatoms. The molecule has 2 aromatic heterocycles. The molecular weight excluding hydrogens is 314 g/mol. The largest absolute Gasteiger partial charge is 0.482 e. The van der Waals surface area contributed by atoms with Gasteiger partial charge in [-0.3, -0.25) is 4.68 Å². The lowest BCUT2D eigenvalue weighted by Gasteiger charge is -2.11. The molecule has 25 heavy (non-hydrogen) atoms. The lowest BCUT2D eigenvalue weighted by Crippen LogP contribution is -2.08. The van der Waals surface area contributed by atoms with Gasteiger partial charge in [0, 0.05) is 19.0 Å². The van der Waals surface area contributed by atoms with Crippen LogP contribution >= 0.6 is 0 Å². The first-order valence-electron chi connectivity index (χ1n) is 8.30. The fourth-order valence-corrected chi connectivity index (χ4v) is 2.62. The molecule has 1 aromatic carbocycles. The fourth-order valence-electron chi connectivity index (χ4n) is 2.62. The zero-order valence-corrected chi connectivity index (χ0v) is 14.4. The maximum atomic E-state index is 5.97. The number of hydrogen-bond donors (Lipinski definition) is 1. The highest BCUT2D eigenvalue weighted by molar-refractivity contribution is 5.81. The van der Waals surface area contributed by atoms with Crippen LogP contribution in [0.1, 0.15) is 38.7 Å². The highest BCUT2D eigenvalue weighted by Crippen LogP contribution is 2.24. The number of aryl methyl sites for hydroxylation is 2. The van der Waals surface area contributed by atoms with Gasteiger partial charge >= 0.3 is 0 Å². The van der Waals surface area contributed by atoms with Crippen molar-refractivity contribution < 1.29 is 4.74 Å². The van der Waals surface area contributed by atoms with Crippen LogP contribution in [0.25, 0.3) is 10.9 Å². The predicted molar refractivity (Wildman–Crippen MR) is 102 cm³/mol. The highest BCUT2D eigenvalue weighted by Gasteiger charge is 2.11. The first kappa shape index (κ1) is 18.7. The molecule has 6 nitrogen and oxygen atoms in total. The second-order valence-corrected chi connectivity index (χ2v) is 5.79. The van der Waals surface area contributed by atoms with Crippen LogP contribution in [0.2, 0.25) is 0 Å². The van der Waals surface area contributed by atoms with E-state index in [0.29, 0.717) is 12.4 Å². The van der Waals surface area contributed by atoms with Crippen molar-refractivity contribution in [1.29, 1.82) is 0 Å². The minimum absolute atomic E-state index is 0. The minimum atomic E-state index is 0. The zero-order valence-electron chi connectivity index (χ0n) is 14.4. The lowest BCUT2D eigenvalue weighted by molar-refractivity contribution is 0.300. The van der Waals surface area contributed by atoms with Crippen LogP contribution in [-0.4, -0.2) is 26.3 Å². The van der Waals surface area contributed by atoms with Gasteiger partial charge in [-0.25, -0.2) is 9.97 Å². The van der Waals surface area contributed by atoms with Crippen molar-refractivity contribution in [3.63, 3.8) is 0 Å². The normalized spacial score (nSPS) is 10.5. The van der Waals surface area contributed by atoms with E-state index in [-0.39, 0.29) is 7.43 Å². The van der Waals surface area contributed by atoms with E-state index in [1.54, 1.807) is 6.20 Å². The van der Waals surface area contributed by atoms with E-state index in [1.807, 2.05) is 30.8 Å². The molecule has 1 N–H and O–H groups in total. The number of rotatable bonds is 7. The first-order valence-corrected chi connectivity index (χ1v) is 8.30. The molecule has 0 unspecified atom stereocenters. The molecule has 3 aromatic rings. The number of anilines is 1. The topological polar surface area (TPSA) is 64.9 Å². The summed E-state index contributed by atoms with van der Waals surface area (Å²) in [6.07, 6.45) is 3.95. The number of para-hydroxylation sites is 1. The number of hydrogen-bond acceptors (Lipinski definition) is 5. The van der Waals surface area contributed by atoms with Gasteiger partial charge in [-0.05, 0) is 19.4 Å². The fraction of sp³-hybridized carbons (Fsp3) is 0.421. The van der Waals surface area contributed by atoms with Crippen molar-refractivity contribution in [2.45, 2.75) is 40.7 Å². The maximum Gasteiger partial charge on any atom is 0.180 e. The molecule has 0 aliphatic rings. The Morgan fingerprint density at radius 3 is 2.84 bits per heavy atom. The Labute approximate surface area is 149 Å². The Kier molecular flexibility index (Phi) is 6.33. The standard InChI is InChI=1S/C18H23N5O.CH4/c1-4-5-10-19-18-17(11-20-13(2)21-18)24-12-15-14-8-6-7-9-16(14)23(3)22-15;/h6-9,11H,4-5,10,12H2,1-3H3,(H,19,20,21);1H4. The number of nitrogens with zero attached hydrogens (tertiary/aromatic N) is 4. The number of benzene rings is 1. The summed E-state index contributed by atoms with van der Waals surface area (Å²) < 4.78 is 7.84. The SMILES string of the molecule is C.CCCCNc1nc(C)ncc1OCc1nn(C)c2ccccc12. The molecule has 0 saturated heterocycles. The second-order valence-electron chi connectivity index (χ2n) is 5.79. The van der Waals surface area contributed by atoms with Crippen molar-refractivity contribution in [3.05, 3.63) is 42.0 Å². The molecular formula is C19H27N5O. The molecule has 0 atom stereocenters. The number of aromatic nitrogens is 4. The number of fused-ring (bicyclic) bond motifs is 1. The Morgan fingerprint density at radius 1 is 1.24 bits per heavy atom. The summed E-state index contributed by atoms with van der Waals surface area (Å²) in [7, 11) is 1.94. The van der Waals surface area contributed by atoms with E-state index >= 15 is 0 Å². The molecule has 0 aliphatic heterocycles. The quantitative estimate of drug-likeness (QED) is 0.656. The van der Waals surface area contributed by atoms with Crippen LogP contribution in [-0.2, 0) is 13.7 Å². The summed E-state index contributed by atoms with van der Waals surface area (Å²) >= 11 is 0. The van der Waals surface area contributed by atoms with Crippen LogP contribution in [0.15, 0.2) is 30.5 Å². The molecule has 2 heterocycles. The van der Waals surface area contributed by atoms with Gasteiger partial charge in [0.05, 0.1) is 11.7 Å². The Morgan fingerprint density at radius 2 is 2.04 bits per heavy atom. The van der Waals surface area contributed by atoms with Crippen molar-refractivity contribution in [2.24, 2.45) is 7.05 Å². The lowest BCUT2D eigenvalue weighted by atomic mass is 10.2. The van der Waals surface area contributed by atoms with E-state index in [4.69, 9.17) is 4.74 Å². The minimum Gasteiger partial charge on any atom is -0.482 e. The van der Waals surface area contributed by atoms with Crippen molar-refractivity contribution in [3.8, 4) is 5.75 Å². The molecule has 0 aliphatic carbocycles. The van der Waals surface area contributed by atoms with Crippen LogP contribution < -0.4 is 10.1 Å². The van der Waals surface area contributed by atoms with E-state index in [2.05, 4.69) is 39.4 Å². The third kappa shape index (κ3) is 4.26. The summed E-state index contributed by atoms with van der Waals surface area (Å²) in [5, 5.41) is 8.99. The number of unbranched alkanes of at least 4 members (excludes halogenated alkanes) is 1. The molecule has 0 amide bonds. The van der Waals surface area contributed by atoms with Crippen molar-refractivity contribution in [2.75, 3.05) is 11.9 Å². The van der Waals surface area contributed by atoms with Gasteiger partial charge in [-0.2, -0.15) is 5.10 Å². The van der Waals surface area contributed by atoms with Gasteiger partial charge < -0.3 is 10.1 Å². The third-order valence-corrected chi connectivity index (χ3v) is 3.90. The van der Waals surface area contributed by atoms with Gasteiger partial charge in [0.25, 0.3) is 0 Å². The smallest absolute Gasteiger partial charge is 0.180 e. The van der Waals surface area contributed by atoms with Crippen LogP contribution in [0.3, 0.4) is 0 Å². The molecule has 0 saturated carbocycles. The Bertz CT molecular complexity index is 828. The van der Waals surface area contributed by atoms with Crippen molar-refractivity contribution in [1.82, 2.24) is 19.7 Å².